The van der Waals surface area contributed by atoms with Crippen LogP contribution in [0.25, 0.3) is 16.3 Å². The fourth-order valence-corrected chi connectivity index (χ4v) is 4.40. The van der Waals surface area contributed by atoms with Crippen molar-refractivity contribution < 1.29 is 19.2 Å². The van der Waals surface area contributed by atoms with Crippen molar-refractivity contribution in [1.82, 2.24) is 4.98 Å². The van der Waals surface area contributed by atoms with Gasteiger partial charge in [-0.2, -0.15) is 0 Å². The van der Waals surface area contributed by atoms with Crippen molar-refractivity contribution >= 4 is 44.4 Å². The molecule has 1 aliphatic heterocycles. The minimum atomic E-state index is -0.460. The van der Waals surface area contributed by atoms with Crippen LogP contribution >= 0.6 is 11.3 Å². The van der Waals surface area contributed by atoms with E-state index in [-0.39, 0.29) is 17.7 Å². The van der Waals surface area contributed by atoms with Crippen LogP contribution in [0.4, 0.5) is 10.8 Å². The van der Waals surface area contributed by atoms with E-state index < -0.39 is 4.92 Å². The lowest BCUT2D eigenvalue weighted by Gasteiger charge is -2.21. The van der Waals surface area contributed by atoms with Crippen LogP contribution in [-0.4, -0.2) is 42.2 Å². The molecule has 31 heavy (non-hydrogen) atoms. The number of fused-ring (bicyclic) bond motifs is 1. The highest BCUT2D eigenvalue weighted by Gasteiger charge is 2.25. The number of rotatable bonds is 7. The first-order valence-electron chi connectivity index (χ1n) is 9.84. The molecule has 0 aliphatic carbocycles. The van der Waals surface area contributed by atoms with E-state index in [0.29, 0.717) is 23.8 Å². The fraction of sp³-hybridized carbons (Fsp3) is 0.273. The van der Waals surface area contributed by atoms with Gasteiger partial charge in [0.2, 0.25) is 0 Å². The van der Waals surface area contributed by atoms with Crippen molar-refractivity contribution in [2.45, 2.75) is 18.9 Å². The summed E-state index contributed by atoms with van der Waals surface area (Å²) in [4.78, 5) is 29.9. The molecule has 3 aromatic rings. The minimum absolute atomic E-state index is 0.0223. The standard InChI is InChI=1S/C22H21N3O5S/c1-29-17-8-9-19-20(13-17)31-22(23-19)24(14-18-6-3-11-30-18)21(26)10-7-15-4-2-5-16(12-15)25(27)28/h2,4-5,7-10,12-13,18H,3,6,11,14H2,1H3/b10-7+. The third-order valence-electron chi connectivity index (χ3n) is 4.99. The van der Waals surface area contributed by atoms with Gasteiger partial charge in [0.15, 0.2) is 5.13 Å². The summed E-state index contributed by atoms with van der Waals surface area (Å²) in [5, 5.41) is 11.6. The molecule has 1 unspecified atom stereocenters. The highest BCUT2D eigenvalue weighted by atomic mass is 32.1. The maximum Gasteiger partial charge on any atom is 0.270 e. The smallest absolute Gasteiger partial charge is 0.270 e. The fourth-order valence-electron chi connectivity index (χ4n) is 3.39. The Balaban J connectivity index is 1.62. The number of amides is 1. The molecule has 1 aromatic heterocycles. The summed E-state index contributed by atoms with van der Waals surface area (Å²) >= 11 is 1.41. The van der Waals surface area contributed by atoms with Crippen LogP contribution in [0.5, 0.6) is 5.75 Å². The molecule has 1 saturated heterocycles. The Morgan fingerprint density at radius 3 is 3.00 bits per heavy atom. The number of aromatic nitrogens is 1. The lowest BCUT2D eigenvalue weighted by atomic mass is 10.2. The van der Waals surface area contributed by atoms with Crippen LogP contribution < -0.4 is 9.64 Å². The maximum atomic E-state index is 13.1. The number of carbonyl (C=O) groups is 1. The molecule has 1 atom stereocenters. The van der Waals surface area contributed by atoms with Crippen molar-refractivity contribution in [1.29, 1.82) is 0 Å². The van der Waals surface area contributed by atoms with Gasteiger partial charge in [-0.15, -0.1) is 0 Å². The molecule has 2 aromatic carbocycles. The monoisotopic (exact) mass is 439 g/mol. The number of ether oxygens (including phenoxy) is 2. The van der Waals surface area contributed by atoms with Gasteiger partial charge in [-0.1, -0.05) is 23.5 Å². The van der Waals surface area contributed by atoms with Gasteiger partial charge in [0.25, 0.3) is 11.6 Å². The second-order valence-electron chi connectivity index (χ2n) is 7.10. The van der Waals surface area contributed by atoms with E-state index in [1.54, 1.807) is 30.2 Å². The van der Waals surface area contributed by atoms with E-state index in [0.717, 1.165) is 28.8 Å². The number of thiazole rings is 1. The molecular formula is C22H21N3O5S. The van der Waals surface area contributed by atoms with Crippen LogP contribution in [0.3, 0.4) is 0 Å². The zero-order valence-corrected chi connectivity index (χ0v) is 17.7. The normalized spacial score (nSPS) is 16.1. The number of nitrogens with zero attached hydrogens (tertiary/aromatic N) is 3. The van der Waals surface area contributed by atoms with Crippen molar-refractivity contribution in [3.8, 4) is 5.75 Å². The first-order chi connectivity index (χ1) is 15.0. The average Bonchev–Trinajstić information content (AvgIpc) is 3.44. The second kappa shape index (κ2) is 9.23. The number of anilines is 1. The molecular weight excluding hydrogens is 418 g/mol. The Bertz CT molecular complexity index is 1140. The molecule has 0 radical (unpaired) electrons. The molecule has 2 heterocycles. The molecule has 160 valence electrons. The molecule has 0 N–H and O–H groups in total. The SMILES string of the molecule is COc1ccc2nc(N(CC3CCCO3)C(=O)/C=C/c3cccc([N+](=O)[O-])c3)sc2c1. The van der Waals surface area contributed by atoms with Gasteiger partial charge in [0.05, 0.1) is 34.9 Å². The van der Waals surface area contributed by atoms with E-state index in [9.17, 15) is 14.9 Å². The number of non-ortho nitro benzene ring substituents is 1. The van der Waals surface area contributed by atoms with Crippen LogP contribution in [-0.2, 0) is 9.53 Å². The van der Waals surface area contributed by atoms with E-state index in [1.807, 2.05) is 18.2 Å². The number of methoxy groups -OCH3 is 1. The molecule has 0 saturated carbocycles. The molecule has 0 bridgehead atoms. The minimum Gasteiger partial charge on any atom is -0.497 e. The summed E-state index contributed by atoms with van der Waals surface area (Å²) < 4.78 is 11.9. The Kier molecular flexibility index (Phi) is 6.24. The average molecular weight is 439 g/mol. The van der Waals surface area contributed by atoms with Crippen molar-refractivity contribution in [2.75, 3.05) is 25.2 Å². The number of nitro groups is 1. The van der Waals surface area contributed by atoms with Crippen molar-refractivity contribution in [3.05, 3.63) is 64.2 Å². The summed E-state index contributed by atoms with van der Waals surface area (Å²) in [5.74, 6) is 0.471. The lowest BCUT2D eigenvalue weighted by Crippen LogP contribution is -2.36. The maximum absolute atomic E-state index is 13.1. The number of hydrogen-bond donors (Lipinski definition) is 0. The highest BCUT2D eigenvalue weighted by molar-refractivity contribution is 7.22. The summed E-state index contributed by atoms with van der Waals surface area (Å²) in [6, 6.07) is 11.7. The Labute approximate surface area is 182 Å². The van der Waals surface area contributed by atoms with Crippen LogP contribution in [0, 0.1) is 10.1 Å². The molecule has 4 rings (SSSR count). The van der Waals surface area contributed by atoms with Gasteiger partial charge in [-0.3, -0.25) is 19.8 Å². The summed E-state index contributed by atoms with van der Waals surface area (Å²) in [6.07, 6.45) is 4.80. The topological polar surface area (TPSA) is 94.8 Å². The number of benzene rings is 2. The summed E-state index contributed by atoms with van der Waals surface area (Å²) in [5.41, 5.74) is 1.34. The predicted octanol–water partition coefficient (Wildman–Crippen LogP) is 4.44. The van der Waals surface area contributed by atoms with Gasteiger partial charge < -0.3 is 9.47 Å². The Morgan fingerprint density at radius 1 is 1.39 bits per heavy atom. The molecule has 1 aliphatic rings. The third-order valence-corrected chi connectivity index (χ3v) is 6.03. The predicted molar refractivity (Wildman–Crippen MR) is 120 cm³/mol. The lowest BCUT2D eigenvalue weighted by molar-refractivity contribution is -0.384. The Hall–Kier alpha value is -3.30. The molecule has 8 nitrogen and oxygen atoms in total. The molecule has 1 amide bonds. The van der Waals surface area contributed by atoms with E-state index >= 15 is 0 Å². The molecule has 0 spiro atoms. The number of hydrogen-bond acceptors (Lipinski definition) is 7. The highest BCUT2D eigenvalue weighted by Crippen LogP contribution is 2.32. The van der Waals surface area contributed by atoms with E-state index in [2.05, 4.69) is 4.98 Å². The summed E-state index contributed by atoms with van der Waals surface area (Å²) in [6.45, 7) is 1.09. The molecule has 1 fully saturated rings. The van der Waals surface area contributed by atoms with E-state index in [1.165, 1.54) is 29.5 Å². The van der Waals surface area contributed by atoms with Crippen LogP contribution in [0.1, 0.15) is 18.4 Å². The van der Waals surface area contributed by atoms with Crippen LogP contribution in [0.2, 0.25) is 0 Å². The molecule has 9 heteroatoms. The zero-order valence-electron chi connectivity index (χ0n) is 16.9. The van der Waals surface area contributed by atoms with Gasteiger partial charge in [-0.05, 0) is 42.7 Å². The number of nitro benzene ring substituents is 1. The van der Waals surface area contributed by atoms with Crippen molar-refractivity contribution in [3.63, 3.8) is 0 Å². The zero-order chi connectivity index (χ0) is 21.8. The van der Waals surface area contributed by atoms with Gasteiger partial charge >= 0.3 is 0 Å². The number of carbonyl (C=O) groups excluding carboxylic acids is 1. The summed E-state index contributed by atoms with van der Waals surface area (Å²) in [7, 11) is 1.61. The van der Waals surface area contributed by atoms with Crippen LogP contribution in [0.15, 0.2) is 48.5 Å². The first kappa shape index (κ1) is 21.0. The van der Waals surface area contributed by atoms with Crippen molar-refractivity contribution in [2.24, 2.45) is 0 Å². The third kappa shape index (κ3) is 4.89. The van der Waals surface area contributed by atoms with E-state index in [4.69, 9.17) is 9.47 Å². The largest absolute Gasteiger partial charge is 0.497 e. The Morgan fingerprint density at radius 2 is 2.26 bits per heavy atom. The van der Waals surface area contributed by atoms with Gasteiger partial charge in [0.1, 0.15) is 5.75 Å². The second-order valence-corrected chi connectivity index (χ2v) is 8.11. The quantitative estimate of drug-likeness (QED) is 0.307. The first-order valence-corrected chi connectivity index (χ1v) is 10.7. The van der Waals surface area contributed by atoms with Gasteiger partial charge in [0, 0.05) is 24.8 Å². The van der Waals surface area contributed by atoms with Gasteiger partial charge in [-0.25, -0.2) is 4.98 Å².